The molecule has 2 unspecified atom stereocenters. The zero-order chi connectivity index (χ0) is 16.2. The Labute approximate surface area is 123 Å². The van der Waals surface area contributed by atoms with Crippen LogP contribution in [0.2, 0.25) is 0 Å². The molecular formula is C15H20O6. The Bertz CT molecular complexity index is 505. The number of carboxylic acids is 1. The van der Waals surface area contributed by atoms with Gasteiger partial charge in [-0.3, -0.25) is 4.79 Å². The first kappa shape index (κ1) is 17.1. The van der Waals surface area contributed by atoms with Gasteiger partial charge in [0.1, 0.15) is 6.10 Å². The summed E-state index contributed by atoms with van der Waals surface area (Å²) in [7, 11) is 0. The van der Waals surface area contributed by atoms with E-state index in [2.05, 4.69) is 4.74 Å². The number of ether oxygens (including phenoxy) is 1. The van der Waals surface area contributed by atoms with Crippen molar-refractivity contribution in [3.05, 3.63) is 35.4 Å². The summed E-state index contributed by atoms with van der Waals surface area (Å²) in [6, 6.07) is 6.05. The first-order chi connectivity index (χ1) is 9.71. The highest BCUT2D eigenvalue weighted by molar-refractivity contribution is 5.80. The molecule has 0 radical (unpaired) electrons. The minimum atomic E-state index is -1.68. The molecule has 0 aliphatic rings. The Balaban J connectivity index is 2.92. The summed E-state index contributed by atoms with van der Waals surface area (Å²) in [5, 5.41) is 28.7. The van der Waals surface area contributed by atoms with Crippen LogP contribution in [0.3, 0.4) is 0 Å². The lowest BCUT2D eigenvalue weighted by atomic mass is 9.84. The van der Waals surface area contributed by atoms with Gasteiger partial charge in [0.2, 0.25) is 0 Å². The van der Waals surface area contributed by atoms with Crippen LogP contribution in [0.5, 0.6) is 0 Å². The molecule has 21 heavy (non-hydrogen) atoms. The summed E-state index contributed by atoms with van der Waals surface area (Å²) >= 11 is 0. The molecule has 0 saturated carbocycles. The molecule has 1 rings (SSSR count). The normalized spacial score (nSPS) is 14.3. The molecule has 1 aromatic rings. The standard InChI is InChI=1S/C15H20O6/c1-4-21-13(18)12(17)11(16)9-5-7-10(8-6-9)15(2,3)14(19)20/h5-8,11-12,16-17H,4H2,1-3H3,(H,19,20). The van der Waals surface area contributed by atoms with Crippen LogP contribution in [0, 0.1) is 0 Å². The van der Waals surface area contributed by atoms with Gasteiger partial charge in [0.15, 0.2) is 6.10 Å². The van der Waals surface area contributed by atoms with E-state index in [0.717, 1.165) is 0 Å². The first-order valence-corrected chi connectivity index (χ1v) is 6.58. The molecule has 0 fully saturated rings. The number of hydrogen-bond donors (Lipinski definition) is 3. The lowest BCUT2D eigenvalue weighted by Crippen LogP contribution is -2.30. The predicted molar refractivity (Wildman–Crippen MR) is 74.7 cm³/mol. The molecule has 0 aromatic heterocycles. The van der Waals surface area contributed by atoms with E-state index in [0.29, 0.717) is 11.1 Å². The number of carbonyl (C=O) groups is 2. The molecule has 0 amide bonds. The molecule has 0 heterocycles. The predicted octanol–water partition coefficient (Wildman–Crippen LogP) is 1.01. The average Bonchev–Trinajstić information content (AvgIpc) is 2.45. The van der Waals surface area contributed by atoms with Crippen molar-refractivity contribution >= 4 is 11.9 Å². The second-order valence-electron chi connectivity index (χ2n) is 5.19. The Morgan fingerprint density at radius 1 is 1.19 bits per heavy atom. The zero-order valence-electron chi connectivity index (χ0n) is 12.2. The summed E-state index contributed by atoms with van der Waals surface area (Å²) in [6.07, 6.45) is -3.10. The Hall–Kier alpha value is -1.92. The number of esters is 1. The third-order valence-corrected chi connectivity index (χ3v) is 3.34. The molecule has 3 N–H and O–H groups in total. The molecule has 0 aliphatic carbocycles. The maximum absolute atomic E-state index is 11.4. The van der Waals surface area contributed by atoms with Crippen molar-refractivity contribution in [2.24, 2.45) is 0 Å². The largest absolute Gasteiger partial charge is 0.481 e. The van der Waals surface area contributed by atoms with Crippen molar-refractivity contribution < 1.29 is 29.6 Å². The van der Waals surface area contributed by atoms with Gasteiger partial charge < -0.3 is 20.1 Å². The van der Waals surface area contributed by atoms with E-state index in [4.69, 9.17) is 5.11 Å². The van der Waals surface area contributed by atoms with Crippen molar-refractivity contribution in [2.75, 3.05) is 6.61 Å². The quantitative estimate of drug-likeness (QED) is 0.677. The van der Waals surface area contributed by atoms with E-state index in [1.54, 1.807) is 32.9 Å². The van der Waals surface area contributed by atoms with Gasteiger partial charge in [-0.05, 0) is 31.9 Å². The van der Waals surface area contributed by atoms with Crippen LogP contribution in [-0.4, -0.2) is 40.0 Å². The summed E-state index contributed by atoms with van der Waals surface area (Å²) in [5.41, 5.74) is -0.208. The number of hydrogen-bond acceptors (Lipinski definition) is 5. The first-order valence-electron chi connectivity index (χ1n) is 6.58. The van der Waals surface area contributed by atoms with Crippen molar-refractivity contribution in [3.8, 4) is 0 Å². The highest BCUT2D eigenvalue weighted by Crippen LogP contribution is 2.26. The number of aliphatic hydroxyl groups excluding tert-OH is 2. The second-order valence-corrected chi connectivity index (χ2v) is 5.19. The van der Waals surface area contributed by atoms with Gasteiger partial charge in [0.05, 0.1) is 12.0 Å². The van der Waals surface area contributed by atoms with Gasteiger partial charge in [-0.15, -0.1) is 0 Å². The highest BCUT2D eigenvalue weighted by atomic mass is 16.5. The monoisotopic (exact) mass is 296 g/mol. The summed E-state index contributed by atoms with van der Waals surface area (Å²) < 4.78 is 4.63. The van der Waals surface area contributed by atoms with Crippen molar-refractivity contribution in [3.63, 3.8) is 0 Å². The van der Waals surface area contributed by atoms with Crippen LogP contribution in [0.1, 0.15) is 38.0 Å². The van der Waals surface area contributed by atoms with E-state index >= 15 is 0 Å². The van der Waals surface area contributed by atoms with E-state index < -0.39 is 29.6 Å². The van der Waals surface area contributed by atoms with Crippen LogP contribution >= 0.6 is 0 Å². The number of benzene rings is 1. The van der Waals surface area contributed by atoms with Crippen LogP contribution in [-0.2, 0) is 19.7 Å². The molecule has 0 aliphatic heterocycles. The van der Waals surface area contributed by atoms with Crippen LogP contribution in [0.15, 0.2) is 24.3 Å². The highest BCUT2D eigenvalue weighted by Gasteiger charge is 2.30. The van der Waals surface area contributed by atoms with Crippen molar-refractivity contribution in [1.29, 1.82) is 0 Å². The minimum Gasteiger partial charge on any atom is -0.481 e. The number of aliphatic carboxylic acids is 1. The Kier molecular flexibility index (Phi) is 5.46. The third kappa shape index (κ3) is 3.80. The van der Waals surface area contributed by atoms with Gasteiger partial charge in [-0.2, -0.15) is 0 Å². The minimum absolute atomic E-state index is 0.106. The van der Waals surface area contributed by atoms with Crippen LogP contribution in [0.4, 0.5) is 0 Å². The molecule has 6 nitrogen and oxygen atoms in total. The summed E-state index contributed by atoms with van der Waals surface area (Å²) in [6.45, 7) is 4.83. The van der Waals surface area contributed by atoms with E-state index in [-0.39, 0.29) is 6.61 Å². The van der Waals surface area contributed by atoms with Crippen LogP contribution < -0.4 is 0 Å². The summed E-state index contributed by atoms with van der Waals surface area (Å²) in [5.74, 6) is -1.87. The molecule has 2 atom stereocenters. The van der Waals surface area contributed by atoms with Gasteiger partial charge in [0.25, 0.3) is 0 Å². The average molecular weight is 296 g/mol. The number of aliphatic hydroxyl groups is 2. The van der Waals surface area contributed by atoms with Crippen molar-refractivity contribution in [2.45, 2.75) is 38.4 Å². The fraction of sp³-hybridized carbons (Fsp3) is 0.467. The molecule has 1 aromatic carbocycles. The Morgan fingerprint density at radius 2 is 1.71 bits per heavy atom. The summed E-state index contributed by atoms with van der Waals surface area (Å²) in [4.78, 5) is 22.5. The molecular weight excluding hydrogens is 276 g/mol. The molecule has 0 spiro atoms. The topological polar surface area (TPSA) is 104 Å². The maximum atomic E-state index is 11.4. The molecule has 116 valence electrons. The van der Waals surface area contributed by atoms with Crippen LogP contribution in [0.25, 0.3) is 0 Å². The zero-order valence-corrected chi connectivity index (χ0v) is 12.2. The SMILES string of the molecule is CCOC(=O)C(O)C(O)c1ccc(C(C)(C)C(=O)O)cc1. The van der Waals surface area contributed by atoms with Gasteiger partial charge in [-0.25, -0.2) is 4.79 Å². The lowest BCUT2D eigenvalue weighted by molar-refractivity contribution is -0.159. The second kappa shape index (κ2) is 6.69. The lowest BCUT2D eigenvalue weighted by Gasteiger charge is -2.21. The molecule has 6 heteroatoms. The smallest absolute Gasteiger partial charge is 0.338 e. The number of carboxylic acid groups (broad SMARTS) is 1. The van der Waals surface area contributed by atoms with Crippen molar-refractivity contribution in [1.82, 2.24) is 0 Å². The van der Waals surface area contributed by atoms with Gasteiger partial charge >= 0.3 is 11.9 Å². The Morgan fingerprint density at radius 3 is 2.14 bits per heavy atom. The molecule has 0 bridgehead atoms. The van der Waals surface area contributed by atoms with E-state index in [1.165, 1.54) is 12.1 Å². The maximum Gasteiger partial charge on any atom is 0.338 e. The number of carbonyl (C=O) groups excluding carboxylic acids is 1. The number of rotatable bonds is 6. The fourth-order valence-corrected chi connectivity index (χ4v) is 1.76. The fourth-order valence-electron chi connectivity index (χ4n) is 1.76. The third-order valence-electron chi connectivity index (χ3n) is 3.34. The van der Waals surface area contributed by atoms with E-state index in [9.17, 15) is 19.8 Å². The van der Waals surface area contributed by atoms with E-state index in [1.807, 2.05) is 0 Å². The van der Waals surface area contributed by atoms with Gasteiger partial charge in [-0.1, -0.05) is 24.3 Å². The molecule has 0 saturated heterocycles. The van der Waals surface area contributed by atoms with Gasteiger partial charge in [0, 0.05) is 0 Å².